The lowest BCUT2D eigenvalue weighted by Gasteiger charge is -2.13. The molecule has 0 saturated carbocycles. The van der Waals surface area contributed by atoms with Crippen LogP contribution in [0, 0.1) is 5.82 Å². The summed E-state index contributed by atoms with van der Waals surface area (Å²) in [5.74, 6) is -1.28. The number of aliphatic hydroxyl groups is 1. The van der Waals surface area contributed by atoms with E-state index in [1.165, 1.54) is 36.5 Å². The summed E-state index contributed by atoms with van der Waals surface area (Å²) in [4.78, 5) is 18.6. The van der Waals surface area contributed by atoms with Gasteiger partial charge < -0.3 is 25.9 Å². The fourth-order valence-electron chi connectivity index (χ4n) is 2.38. The number of nitrogen functional groups attached to an aromatic ring is 1. The van der Waals surface area contributed by atoms with Gasteiger partial charge in [0.2, 0.25) is 0 Å². The van der Waals surface area contributed by atoms with E-state index in [9.17, 15) is 9.18 Å². The minimum absolute atomic E-state index is 0.00398. The maximum Gasteiger partial charge on any atom is 0.287 e. The molecule has 0 spiro atoms. The van der Waals surface area contributed by atoms with E-state index in [4.69, 9.17) is 38.8 Å². The molecule has 7 nitrogen and oxygen atoms in total. The van der Waals surface area contributed by atoms with Crippen LogP contribution in [0.1, 0.15) is 21.9 Å². The van der Waals surface area contributed by atoms with Gasteiger partial charge in [0.1, 0.15) is 5.75 Å². The number of aromatic nitrogens is 2. The second-order valence-electron chi connectivity index (χ2n) is 5.77. The van der Waals surface area contributed by atoms with Crippen LogP contribution in [0.25, 0.3) is 0 Å². The zero-order chi connectivity index (χ0) is 20.3. The first-order chi connectivity index (χ1) is 13.4. The SMILES string of the molecule is Nc1cc(Cl)cc(Oc2c(Cl)ccc(CNC(=O)c3ncc(CO)[nH]3)c2F)c1. The highest BCUT2D eigenvalue weighted by Gasteiger charge is 2.17. The third-order valence-corrected chi connectivity index (χ3v) is 4.21. The van der Waals surface area contributed by atoms with Crippen molar-refractivity contribution in [1.82, 2.24) is 15.3 Å². The first-order valence-corrected chi connectivity index (χ1v) is 8.76. The van der Waals surface area contributed by atoms with Crippen molar-refractivity contribution in [2.45, 2.75) is 13.2 Å². The molecule has 3 aromatic rings. The van der Waals surface area contributed by atoms with Crippen molar-refractivity contribution in [3.8, 4) is 11.5 Å². The highest BCUT2D eigenvalue weighted by atomic mass is 35.5. The summed E-state index contributed by atoms with van der Waals surface area (Å²) in [6.07, 6.45) is 1.33. The van der Waals surface area contributed by atoms with Gasteiger partial charge in [-0.3, -0.25) is 4.79 Å². The van der Waals surface area contributed by atoms with Crippen LogP contribution in [0.5, 0.6) is 11.5 Å². The molecule has 0 fully saturated rings. The lowest BCUT2D eigenvalue weighted by Crippen LogP contribution is -2.24. The number of nitrogens with one attached hydrogen (secondary N) is 2. The van der Waals surface area contributed by atoms with Gasteiger partial charge in [0.05, 0.1) is 23.5 Å². The van der Waals surface area contributed by atoms with E-state index in [0.717, 1.165) is 0 Å². The average molecular weight is 425 g/mol. The number of hydrogen-bond acceptors (Lipinski definition) is 5. The fourth-order valence-corrected chi connectivity index (χ4v) is 2.80. The molecule has 5 N–H and O–H groups in total. The third-order valence-electron chi connectivity index (χ3n) is 3.70. The Labute approximate surface area is 169 Å². The molecule has 1 amide bonds. The summed E-state index contributed by atoms with van der Waals surface area (Å²) >= 11 is 12.0. The minimum atomic E-state index is -0.734. The third kappa shape index (κ3) is 4.53. The van der Waals surface area contributed by atoms with Crippen LogP contribution in [-0.4, -0.2) is 21.0 Å². The van der Waals surface area contributed by atoms with Crippen LogP contribution in [0.4, 0.5) is 10.1 Å². The van der Waals surface area contributed by atoms with Crippen LogP contribution in [0.15, 0.2) is 36.5 Å². The van der Waals surface area contributed by atoms with Crippen molar-refractivity contribution in [2.75, 3.05) is 5.73 Å². The largest absolute Gasteiger partial charge is 0.453 e. The molecule has 2 aromatic carbocycles. The molecule has 28 heavy (non-hydrogen) atoms. The Morgan fingerprint density at radius 1 is 1.32 bits per heavy atom. The number of amides is 1. The number of carbonyl (C=O) groups is 1. The Kier molecular flexibility index (Phi) is 6.03. The fraction of sp³-hybridized carbons (Fsp3) is 0.111. The number of rotatable bonds is 6. The molecule has 1 aromatic heterocycles. The number of benzene rings is 2. The number of ether oxygens (including phenoxy) is 1. The minimum Gasteiger partial charge on any atom is -0.453 e. The van der Waals surface area contributed by atoms with Gasteiger partial charge in [-0.15, -0.1) is 0 Å². The van der Waals surface area contributed by atoms with Crippen LogP contribution < -0.4 is 15.8 Å². The molecule has 0 bridgehead atoms. The Hall–Kier alpha value is -2.81. The van der Waals surface area contributed by atoms with Gasteiger partial charge in [0.25, 0.3) is 5.91 Å². The summed E-state index contributed by atoms with van der Waals surface area (Å²) in [6, 6.07) is 7.35. The number of aromatic amines is 1. The van der Waals surface area contributed by atoms with Crippen LogP contribution in [0.2, 0.25) is 10.0 Å². The summed E-state index contributed by atoms with van der Waals surface area (Å²) in [6.45, 7) is -0.411. The Morgan fingerprint density at radius 3 is 2.79 bits per heavy atom. The summed E-state index contributed by atoms with van der Waals surface area (Å²) in [7, 11) is 0. The molecule has 0 saturated heterocycles. The van der Waals surface area contributed by atoms with Crippen molar-refractivity contribution in [3.63, 3.8) is 0 Å². The number of nitrogens with two attached hydrogens (primary N) is 1. The van der Waals surface area contributed by atoms with E-state index < -0.39 is 11.7 Å². The number of halogens is 3. The highest BCUT2D eigenvalue weighted by Crippen LogP contribution is 2.35. The van der Waals surface area contributed by atoms with Crippen molar-refractivity contribution in [1.29, 1.82) is 0 Å². The summed E-state index contributed by atoms with van der Waals surface area (Å²) < 4.78 is 20.4. The van der Waals surface area contributed by atoms with E-state index in [0.29, 0.717) is 16.4 Å². The van der Waals surface area contributed by atoms with E-state index in [1.54, 1.807) is 0 Å². The zero-order valence-electron chi connectivity index (χ0n) is 14.3. The molecule has 0 radical (unpaired) electrons. The predicted octanol–water partition coefficient (Wildman–Crippen LogP) is 3.65. The molecular weight excluding hydrogens is 410 g/mol. The monoisotopic (exact) mass is 424 g/mol. The first kappa shape index (κ1) is 19.9. The lowest BCUT2D eigenvalue weighted by atomic mass is 10.2. The van der Waals surface area contributed by atoms with Crippen molar-refractivity contribution < 1.29 is 19.0 Å². The average Bonchev–Trinajstić information content (AvgIpc) is 3.13. The number of carbonyl (C=O) groups excluding carboxylic acids is 1. The standard InChI is InChI=1S/C18H15Cl2FN4O3/c19-10-3-11(22)5-13(4-10)28-16-14(20)2-1-9(15(16)21)6-24-18(27)17-23-7-12(8-26)25-17/h1-5,7,26H,6,8,22H2,(H,23,25)(H,24,27). The molecule has 3 rings (SSSR count). The molecule has 0 atom stereocenters. The van der Waals surface area contributed by atoms with Crippen LogP contribution in [-0.2, 0) is 13.2 Å². The topological polar surface area (TPSA) is 113 Å². The molecule has 0 aliphatic rings. The van der Waals surface area contributed by atoms with Gasteiger partial charge in [-0.05, 0) is 18.2 Å². The van der Waals surface area contributed by atoms with Gasteiger partial charge in [-0.1, -0.05) is 29.3 Å². The van der Waals surface area contributed by atoms with E-state index in [-0.39, 0.29) is 41.1 Å². The van der Waals surface area contributed by atoms with Gasteiger partial charge in [0, 0.05) is 28.9 Å². The Balaban J connectivity index is 1.77. The van der Waals surface area contributed by atoms with E-state index >= 15 is 0 Å². The van der Waals surface area contributed by atoms with Crippen LogP contribution >= 0.6 is 23.2 Å². The van der Waals surface area contributed by atoms with Crippen molar-refractivity contribution in [3.05, 3.63) is 69.5 Å². The molecular formula is C18H15Cl2FN4O3. The van der Waals surface area contributed by atoms with Crippen LogP contribution in [0.3, 0.4) is 0 Å². The van der Waals surface area contributed by atoms with Crippen molar-refractivity contribution in [2.24, 2.45) is 0 Å². The molecule has 0 aliphatic carbocycles. The highest BCUT2D eigenvalue weighted by molar-refractivity contribution is 6.32. The summed E-state index contributed by atoms with van der Waals surface area (Å²) in [5.41, 5.74) is 6.59. The molecule has 1 heterocycles. The zero-order valence-corrected chi connectivity index (χ0v) is 15.8. The van der Waals surface area contributed by atoms with Gasteiger partial charge in [-0.2, -0.15) is 0 Å². The molecule has 146 valence electrons. The maximum absolute atomic E-state index is 14.9. The predicted molar refractivity (Wildman–Crippen MR) is 103 cm³/mol. The Bertz CT molecular complexity index is 1010. The number of aliphatic hydroxyl groups excluding tert-OH is 1. The second-order valence-corrected chi connectivity index (χ2v) is 6.61. The maximum atomic E-state index is 14.9. The quantitative estimate of drug-likeness (QED) is 0.451. The number of anilines is 1. The molecule has 10 heteroatoms. The molecule has 0 aliphatic heterocycles. The van der Waals surface area contributed by atoms with Gasteiger partial charge >= 0.3 is 0 Å². The van der Waals surface area contributed by atoms with E-state index in [2.05, 4.69) is 15.3 Å². The Morgan fingerprint density at radius 2 is 2.11 bits per heavy atom. The number of nitrogens with zero attached hydrogens (tertiary/aromatic N) is 1. The molecule has 0 unspecified atom stereocenters. The summed E-state index contributed by atoms with van der Waals surface area (Å²) in [5, 5.41) is 11.9. The lowest BCUT2D eigenvalue weighted by molar-refractivity contribution is 0.0941. The van der Waals surface area contributed by atoms with Crippen molar-refractivity contribution >= 4 is 34.8 Å². The normalized spacial score (nSPS) is 10.7. The number of hydrogen-bond donors (Lipinski definition) is 4. The number of imidazole rings is 1. The van der Waals surface area contributed by atoms with Gasteiger partial charge in [0.15, 0.2) is 17.4 Å². The van der Waals surface area contributed by atoms with Gasteiger partial charge in [-0.25, -0.2) is 9.37 Å². The van der Waals surface area contributed by atoms with E-state index in [1.807, 2.05) is 0 Å². The first-order valence-electron chi connectivity index (χ1n) is 8.01. The number of H-pyrrole nitrogens is 1. The second kappa shape index (κ2) is 8.47. The smallest absolute Gasteiger partial charge is 0.287 e.